The zero-order chi connectivity index (χ0) is 17.8. The van der Waals surface area contributed by atoms with Gasteiger partial charge in [-0.15, -0.1) is 0 Å². The van der Waals surface area contributed by atoms with E-state index in [0.717, 1.165) is 65.4 Å². The van der Waals surface area contributed by atoms with Gasteiger partial charge in [-0.05, 0) is 48.2 Å². The highest BCUT2D eigenvalue weighted by atomic mass is 35.5. The van der Waals surface area contributed by atoms with E-state index in [9.17, 15) is 4.39 Å². The maximum Gasteiger partial charge on any atom is 0.142 e. The van der Waals surface area contributed by atoms with Crippen molar-refractivity contribution < 1.29 is 4.39 Å². The molecule has 0 saturated carbocycles. The van der Waals surface area contributed by atoms with Crippen LogP contribution in [0.1, 0.15) is 28.9 Å². The van der Waals surface area contributed by atoms with Gasteiger partial charge in [0.1, 0.15) is 11.6 Å². The first-order chi connectivity index (χ1) is 12.6. The second-order valence-corrected chi connectivity index (χ2v) is 7.35. The van der Waals surface area contributed by atoms with E-state index in [1.165, 1.54) is 11.6 Å². The molecule has 3 aromatic rings. The third-order valence-electron chi connectivity index (χ3n) is 5.26. The lowest BCUT2D eigenvalue weighted by Gasteiger charge is -2.12. The van der Waals surface area contributed by atoms with Crippen molar-refractivity contribution in [2.75, 3.05) is 0 Å². The summed E-state index contributed by atoms with van der Waals surface area (Å²) in [6, 6.07) is 9.64. The Hall–Kier alpha value is -2.46. The molecule has 3 heterocycles. The average Bonchev–Trinajstić information content (AvgIpc) is 3.32. The minimum atomic E-state index is -0.394. The molecule has 0 aliphatic carbocycles. The van der Waals surface area contributed by atoms with Crippen molar-refractivity contribution in [2.24, 2.45) is 4.99 Å². The fraction of sp³-hybridized carbons (Fsp3) is 0.238. The SMILES string of the molecule is Cc1cc(F)c(Cl)cc1-c1nc2n(c1-c1ccc3c(c1)C=NC3)CCC2. The Morgan fingerprint density at radius 2 is 2.08 bits per heavy atom. The summed E-state index contributed by atoms with van der Waals surface area (Å²) in [5.41, 5.74) is 7.23. The minimum absolute atomic E-state index is 0.130. The fourth-order valence-corrected chi connectivity index (χ4v) is 4.12. The van der Waals surface area contributed by atoms with E-state index >= 15 is 0 Å². The van der Waals surface area contributed by atoms with Crippen LogP contribution in [0.5, 0.6) is 0 Å². The van der Waals surface area contributed by atoms with E-state index in [0.29, 0.717) is 0 Å². The second-order valence-electron chi connectivity index (χ2n) is 6.95. The summed E-state index contributed by atoms with van der Waals surface area (Å²) in [6.07, 6.45) is 4.00. The number of nitrogens with zero attached hydrogens (tertiary/aromatic N) is 3. The summed E-state index contributed by atoms with van der Waals surface area (Å²) >= 11 is 6.08. The third-order valence-corrected chi connectivity index (χ3v) is 5.55. The second kappa shape index (κ2) is 5.78. The molecular weight excluding hydrogens is 349 g/mol. The van der Waals surface area contributed by atoms with E-state index in [1.54, 1.807) is 6.07 Å². The summed E-state index contributed by atoms with van der Waals surface area (Å²) in [5.74, 6) is 0.693. The quantitative estimate of drug-likeness (QED) is 0.614. The molecule has 0 amide bonds. The Labute approximate surface area is 156 Å². The van der Waals surface area contributed by atoms with Crippen molar-refractivity contribution >= 4 is 17.8 Å². The highest BCUT2D eigenvalue weighted by Gasteiger charge is 2.25. The maximum atomic E-state index is 13.8. The first-order valence-electron chi connectivity index (χ1n) is 8.80. The van der Waals surface area contributed by atoms with E-state index in [2.05, 4.69) is 27.8 Å². The van der Waals surface area contributed by atoms with Gasteiger partial charge >= 0.3 is 0 Å². The smallest absolute Gasteiger partial charge is 0.142 e. The number of fused-ring (bicyclic) bond motifs is 2. The molecule has 2 aliphatic heterocycles. The largest absolute Gasteiger partial charge is 0.327 e. The van der Waals surface area contributed by atoms with Crippen LogP contribution >= 0.6 is 11.6 Å². The van der Waals surface area contributed by atoms with Crippen LogP contribution in [0.25, 0.3) is 22.5 Å². The molecular formula is C21H17ClFN3. The molecule has 1 aromatic heterocycles. The van der Waals surface area contributed by atoms with Crippen molar-refractivity contribution in [3.8, 4) is 22.5 Å². The van der Waals surface area contributed by atoms with Crippen molar-refractivity contribution in [3.05, 3.63) is 63.7 Å². The molecule has 2 aliphatic rings. The molecule has 0 radical (unpaired) electrons. The van der Waals surface area contributed by atoms with Crippen LogP contribution in [-0.4, -0.2) is 15.8 Å². The Morgan fingerprint density at radius 1 is 1.19 bits per heavy atom. The Morgan fingerprint density at radius 3 is 2.96 bits per heavy atom. The zero-order valence-electron chi connectivity index (χ0n) is 14.4. The lowest BCUT2D eigenvalue weighted by Crippen LogP contribution is -1.98. The van der Waals surface area contributed by atoms with Crippen molar-refractivity contribution in [1.82, 2.24) is 9.55 Å². The first-order valence-corrected chi connectivity index (χ1v) is 9.18. The van der Waals surface area contributed by atoms with E-state index in [4.69, 9.17) is 16.6 Å². The number of hydrogen-bond acceptors (Lipinski definition) is 2. The van der Waals surface area contributed by atoms with E-state index in [1.807, 2.05) is 13.1 Å². The average molecular weight is 366 g/mol. The molecule has 0 spiro atoms. The van der Waals surface area contributed by atoms with E-state index in [-0.39, 0.29) is 5.02 Å². The van der Waals surface area contributed by atoms with E-state index < -0.39 is 5.82 Å². The molecule has 0 fully saturated rings. The van der Waals surface area contributed by atoms with Crippen LogP contribution in [0.2, 0.25) is 5.02 Å². The molecule has 5 rings (SSSR count). The van der Waals surface area contributed by atoms with Gasteiger partial charge < -0.3 is 4.57 Å². The van der Waals surface area contributed by atoms with Gasteiger partial charge in [-0.2, -0.15) is 0 Å². The number of imidazole rings is 1. The van der Waals surface area contributed by atoms with Crippen LogP contribution in [0.15, 0.2) is 35.3 Å². The number of aliphatic imine (C=N–C) groups is 1. The number of aromatic nitrogens is 2. The summed E-state index contributed by atoms with van der Waals surface area (Å²) < 4.78 is 16.1. The number of halogens is 2. The summed E-state index contributed by atoms with van der Waals surface area (Å²) in [4.78, 5) is 9.27. The Balaban J connectivity index is 1.76. The number of benzene rings is 2. The number of rotatable bonds is 2. The maximum absolute atomic E-state index is 13.8. The fourth-order valence-electron chi connectivity index (χ4n) is 3.96. The lowest BCUT2D eigenvalue weighted by molar-refractivity contribution is 0.627. The number of hydrogen-bond donors (Lipinski definition) is 0. The molecule has 3 nitrogen and oxygen atoms in total. The molecule has 26 heavy (non-hydrogen) atoms. The Kier molecular flexibility index (Phi) is 3.50. The monoisotopic (exact) mass is 365 g/mol. The predicted octanol–water partition coefficient (Wildman–Crippen LogP) is 5.20. The topological polar surface area (TPSA) is 30.2 Å². The number of aryl methyl sites for hydroxylation is 2. The van der Waals surface area contributed by atoms with Gasteiger partial charge in [0, 0.05) is 30.3 Å². The lowest BCUT2D eigenvalue weighted by atomic mass is 9.98. The third kappa shape index (κ3) is 2.32. The summed E-state index contributed by atoms with van der Waals surface area (Å²) in [6.45, 7) is 3.61. The summed E-state index contributed by atoms with van der Waals surface area (Å²) in [7, 11) is 0. The Bertz CT molecular complexity index is 1080. The minimum Gasteiger partial charge on any atom is -0.327 e. The van der Waals surface area contributed by atoms with Crippen LogP contribution in [-0.2, 0) is 19.5 Å². The van der Waals surface area contributed by atoms with Crippen LogP contribution in [0, 0.1) is 12.7 Å². The highest BCUT2D eigenvalue weighted by molar-refractivity contribution is 6.31. The molecule has 0 bridgehead atoms. The van der Waals surface area contributed by atoms with Gasteiger partial charge in [-0.1, -0.05) is 23.7 Å². The van der Waals surface area contributed by atoms with Gasteiger partial charge in [-0.25, -0.2) is 9.37 Å². The molecule has 5 heteroatoms. The van der Waals surface area contributed by atoms with Crippen molar-refractivity contribution in [1.29, 1.82) is 0 Å². The van der Waals surface area contributed by atoms with Gasteiger partial charge in [-0.3, -0.25) is 4.99 Å². The summed E-state index contributed by atoms with van der Waals surface area (Å²) in [5, 5.41) is 0.130. The van der Waals surface area contributed by atoms with Gasteiger partial charge in [0.15, 0.2) is 0 Å². The molecule has 0 atom stereocenters. The molecule has 130 valence electrons. The standard InChI is InChI=1S/C21H17ClFN3/c1-12-7-18(23)17(22)9-16(12)20-21(26-6-2-3-19(26)25-20)13-4-5-14-10-24-11-15(14)8-13/h4-5,7-9,11H,2-3,6,10H2,1H3. The predicted molar refractivity (Wildman–Crippen MR) is 102 cm³/mol. The van der Waals surface area contributed by atoms with Crippen molar-refractivity contribution in [2.45, 2.75) is 32.9 Å². The normalized spacial score (nSPS) is 14.7. The van der Waals surface area contributed by atoms with Crippen molar-refractivity contribution in [3.63, 3.8) is 0 Å². The van der Waals surface area contributed by atoms with Gasteiger partial charge in [0.25, 0.3) is 0 Å². The first kappa shape index (κ1) is 15.8. The molecule has 0 N–H and O–H groups in total. The molecule has 2 aromatic carbocycles. The van der Waals surface area contributed by atoms with Crippen LogP contribution in [0.3, 0.4) is 0 Å². The molecule has 0 unspecified atom stereocenters. The molecule has 0 saturated heterocycles. The van der Waals surface area contributed by atoms with Gasteiger partial charge in [0.05, 0.1) is 23.0 Å². The van der Waals surface area contributed by atoms with Crippen LogP contribution < -0.4 is 0 Å². The highest BCUT2D eigenvalue weighted by Crippen LogP contribution is 2.39. The zero-order valence-corrected chi connectivity index (χ0v) is 15.1. The van der Waals surface area contributed by atoms with Crippen LogP contribution in [0.4, 0.5) is 4.39 Å². The van der Waals surface area contributed by atoms with Gasteiger partial charge in [0.2, 0.25) is 0 Å².